The Bertz CT molecular complexity index is 496. The van der Waals surface area contributed by atoms with Crippen LogP contribution >= 0.6 is 0 Å². The first-order valence-corrected chi connectivity index (χ1v) is 5.81. The van der Waals surface area contributed by atoms with E-state index in [1.807, 2.05) is 0 Å². The first-order chi connectivity index (χ1) is 9.01. The van der Waals surface area contributed by atoms with Crippen molar-refractivity contribution in [3.63, 3.8) is 0 Å². The molecule has 5 nitrogen and oxygen atoms in total. The van der Waals surface area contributed by atoms with Crippen molar-refractivity contribution in [1.29, 1.82) is 0 Å². The van der Waals surface area contributed by atoms with E-state index in [0.29, 0.717) is 18.5 Å². The van der Waals surface area contributed by atoms with Gasteiger partial charge in [-0.25, -0.2) is 4.39 Å². The van der Waals surface area contributed by atoms with Gasteiger partial charge in [0.2, 0.25) is 5.91 Å². The maximum atomic E-state index is 12.9. The summed E-state index contributed by atoms with van der Waals surface area (Å²) in [5, 5.41) is 9.13. The van der Waals surface area contributed by atoms with E-state index in [-0.39, 0.29) is 6.73 Å². The first-order valence-electron chi connectivity index (χ1n) is 5.81. The lowest BCUT2D eigenvalue weighted by molar-refractivity contribution is -0.148. The first kappa shape index (κ1) is 13.5. The second-order valence-corrected chi connectivity index (χ2v) is 4.51. The van der Waals surface area contributed by atoms with Gasteiger partial charge in [-0.2, -0.15) is 0 Å². The monoisotopic (exact) mass is 267 g/mol. The Kier molecular flexibility index (Phi) is 3.53. The maximum Gasteiger partial charge on any atom is 0.319 e. The van der Waals surface area contributed by atoms with Gasteiger partial charge in [-0.1, -0.05) is 0 Å². The largest absolute Gasteiger partial charge is 0.480 e. The van der Waals surface area contributed by atoms with E-state index in [0.717, 1.165) is 0 Å². The van der Waals surface area contributed by atoms with Crippen LogP contribution in [0.3, 0.4) is 0 Å². The van der Waals surface area contributed by atoms with Crippen LogP contribution in [0.5, 0.6) is 0 Å². The van der Waals surface area contributed by atoms with Crippen molar-refractivity contribution in [3.05, 3.63) is 30.1 Å². The van der Waals surface area contributed by atoms with E-state index in [1.165, 1.54) is 36.3 Å². The quantitative estimate of drug-likeness (QED) is 0.650. The summed E-state index contributed by atoms with van der Waals surface area (Å²) in [7, 11) is 1.41. The molecule has 0 aromatic heterocycles. The van der Waals surface area contributed by atoms with Crippen LogP contribution in [0.1, 0.15) is 12.8 Å². The zero-order chi connectivity index (χ0) is 14.0. The van der Waals surface area contributed by atoms with E-state index in [2.05, 4.69) is 0 Å². The van der Waals surface area contributed by atoms with Gasteiger partial charge in [0.05, 0.1) is 0 Å². The van der Waals surface area contributed by atoms with Crippen LogP contribution in [0.15, 0.2) is 24.3 Å². The standard InChI is InChI=1S/C13H14FNO4/c1-19-8-15(10-4-2-9(14)3-5-10)11(16)13(6-7-13)12(17)18/h2-5H,6-8H2,1H3,(H,17,18). The third-order valence-electron chi connectivity index (χ3n) is 3.21. The van der Waals surface area contributed by atoms with Crippen LogP contribution in [0.2, 0.25) is 0 Å². The van der Waals surface area contributed by atoms with E-state index >= 15 is 0 Å². The maximum absolute atomic E-state index is 12.9. The number of hydrogen-bond donors (Lipinski definition) is 1. The van der Waals surface area contributed by atoms with Gasteiger partial charge >= 0.3 is 5.97 Å². The highest BCUT2D eigenvalue weighted by atomic mass is 19.1. The average Bonchev–Trinajstić information content (AvgIpc) is 3.18. The zero-order valence-electron chi connectivity index (χ0n) is 10.4. The van der Waals surface area contributed by atoms with Crippen molar-refractivity contribution in [2.75, 3.05) is 18.7 Å². The molecule has 0 bridgehead atoms. The Morgan fingerprint density at radius 3 is 2.37 bits per heavy atom. The number of amides is 1. The number of rotatable bonds is 5. The molecule has 1 saturated carbocycles. The zero-order valence-corrected chi connectivity index (χ0v) is 10.4. The number of carboxylic acids is 1. The summed E-state index contributed by atoms with van der Waals surface area (Å²) in [6.07, 6.45) is 0.644. The minimum atomic E-state index is -1.34. The molecule has 0 radical (unpaired) electrons. The van der Waals surface area contributed by atoms with Crippen molar-refractivity contribution in [2.24, 2.45) is 5.41 Å². The molecule has 2 rings (SSSR count). The molecule has 19 heavy (non-hydrogen) atoms. The SMILES string of the molecule is COCN(C(=O)C1(C(=O)O)CC1)c1ccc(F)cc1. The normalized spacial score (nSPS) is 15.9. The number of nitrogens with zero attached hydrogens (tertiary/aromatic N) is 1. The summed E-state index contributed by atoms with van der Waals surface area (Å²) < 4.78 is 17.8. The van der Waals surface area contributed by atoms with Crippen molar-refractivity contribution < 1.29 is 23.8 Å². The molecule has 1 aromatic carbocycles. The molecule has 0 atom stereocenters. The van der Waals surface area contributed by atoms with Crippen LogP contribution in [0.25, 0.3) is 0 Å². The molecule has 0 heterocycles. The fraction of sp³-hybridized carbons (Fsp3) is 0.385. The molecule has 1 fully saturated rings. The fourth-order valence-corrected chi connectivity index (χ4v) is 1.90. The molecule has 102 valence electrons. The van der Waals surface area contributed by atoms with Gasteiger partial charge in [0, 0.05) is 12.8 Å². The number of aliphatic carboxylic acids is 1. The number of ether oxygens (including phenoxy) is 1. The number of hydrogen-bond acceptors (Lipinski definition) is 3. The summed E-state index contributed by atoms with van der Waals surface area (Å²) in [6.45, 7) is -0.0699. The van der Waals surface area contributed by atoms with E-state index in [1.54, 1.807) is 0 Å². The van der Waals surface area contributed by atoms with E-state index in [9.17, 15) is 14.0 Å². The van der Waals surface area contributed by atoms with Crippen molar-refractivity contribution in [1.82, 2.24) is 0 Å². The van der Waals surface area contributed by atoms with Crippen LogP contribution in [-0.4, -0.2) is 30.8 Å². The van der Waals surface area contributed by atoms with Gasteiger partial charge in [0.1, 0.15) is 18.0 Å². The summed E-state index contributed by atoms with van der Waals surface area (Å²) in [4.78, 5) is 24.7. The lowest BCUT2D eigenvalue weighted by Crippen LogP contribution is -2.42. The van der Waals surface area contributed by atoms with Gasteiger partial charge < -0.3 is 9.84 Å². The molecular weight excluding hydrogens is 253 g/mol. The van der Waals surface area contributed by atoms with Gasteiger partial charge in [-0.3, -0.25) is 14.5 Å². The molecule has 6 heteroatoms. The van der Waals surface area contributed by atoms with Crippen LogP contribution in [0.4, 0.5) is 10.1 Å². The summed E-state index contributed by atoms with van der Waals surface area (Å²) >= 11 is 0. The number of anilines is 1. The molecule has 1 aliphatic carbocycles. The Balaban J connectivity index is 2.28. The number of benzene rings is 1. The predicted octanol–water partition coefficient (Wildman–Crippen LogP) is 1.63. The highest BCUT2D eigenvalue weighted by Crippen LogP contribution is 2.48. The van der Waals surface area contributed by atoms with Crippen LogP contribution in [0, 0.1) is 11.2 Å². The molecule has 1 N–H and O–H groups in total. The van der Waals surface area contributed by atoms with Gasteiger partial charge in [-0.05, 0) is 37.1 Å². The van der Waals surface area contributed by atoms with Crippen LogP contribution in [-0.2, 0) is 14.3 Å². The van der Waals surface area contributed by atoms with E-state index in [4.69, 9.17) is 9.84 Å². The lowest BCUT2D eigenvalue weighted by atomic mass is 10.1. The molecule has 0 aliphatic heterocycles. The number of carbonyl (C=O) groups is 2. The van der Waals surface area contributed by atoms with Gasteiger partial charge in [0.25, 0.3) is 0 Å². The summed E-state index contributed by atoms with van der Waals surface area (Å²) in [5.41, 5.74) is -0.923. The number of carbonyl (C=O) groups excluding carboxylic acids is 1. The smallest absolute Gasteiger partial charge is 0.319 e. The molecular formula is C13H14FNO4. The summed E-state index contributed by atoms with van der Waals surface area (Å²) in [5.74, 6) is -2.07. The minimum absolute atomic E-state index is 0.0699. The van der Waals surface area contributed by atoms with Crippen molar-refractivity contribution >= 4 is 17.6 Å². The molecule has 1 aliphatic rings. The minimum Gasteiger partial charge on any atom is -0.480 e. The fourth-order valence-electron chi connectivity index (χ4n) is 1.90. The van der Waals surface area contributed by atoms with Crippen LogP contribution < -0.4 is 4.90 Å². The number of carboxylic acid groups (broad SMARTS) is 1. The van der Waals surface area contributed by atoms with Gasteiger partial charge in [0.15, 0.2) is 0 Å². The second-order valence-electron chi connectivity index (χ2n) is 4.51. The van der Waals surface area contributed by atoms with E-state index < -0.39 is 23.1 Å². The molecule has 0 unspecified atom stereocenters. The Morgan fingerprint density at radius 1 is 1.37 bits per heavy atom. The van der Waals surface area contributed by atoms with Crippen molar-refractivity contribution in [3.8, 4) is 0 Å². The number of halogens is 1. The Hall–Kier alpha value is -1.95. The molecule has 0 saturated heterocycles. The lowest BCUT2D eigenvalue weighted by Gasteiger charge is -2.24. The summed E-state index contributed by atoms with van der Waals surface area (Å²) in [6, 6.07) is 5.27. The predicted molar refractivity (Wildman–Crippen MR) is 65.1 cm³/mol. The molecule has 1 aromatic rings. The number of methoxy groups -OCH3 is 1. The second kappa shape index (κ2) is 4.97. The highest BCUT2D eigenvalue weighted by molar-refractivity contribution is 6.11. The Morgan fingerprint density at radius 2 is 1.95 bits per heavy atom. The average molecular weight is 267 g/mol. The molecule has 1 amide bonds. The Labute approximate surface area is 109 Å². The third kappa shape index (κ3) is 2.44. The molecule has 0 spiro atoms. The van der Waals surface area contributed by atoms with Gasteiger partial charge in [-0.15, -0.1) is 0 Å². The highest BCUT2D eigenvalue weighted by Gasteiger charge is 2.58. The van der Waals surface area contributed by atoms with Crippen molar-refractivity contribution in [2.45, 2.75) is 12.8 Å². The topological polar surface area (TPSA) is 66.8 Å². The third-order valence-corrected chi connectivity index (χ3v) is 3.21.